The highest BCUT2D eigenvalue weighted by atomic mass is 16.4. The van der Waals surface area contributed by atoms with E-state index in [-0.39, 0.29) is 12.0 Å². The molecule has 1 amide bonds. The van der Waals surface area contributed by atoms with E-state index in [1.807, 2.05) is 36.5 Å². The number of rotatable bonds is 0. The van der Waals surface area contributed by atoms with E-state index in [2.05, 4.69) is 22.9 Å². The van der Waals surface area contributed by atoms with Crippen LogP contribution in [0.5, 0.6) is 0 Å². The Morgan fingerprint density at radius 3 is 2.75 bits per heavy atom. The molecule has 1 saturated heterocycles. The molecule has 1 aliphatic heterocycles. The summed E-state index contributed by atoms with van der Waals surface area (Å²) in [5.41, 5.74) is 4.20. The first-order valence-corrected chi connectivity index (χ1v) is 8.28. The van der Waals surface area contributed by atoms with Crippen LogP contribution in [0, 0.1) is 11.8 Å². The van der Waals surface area contributed by atoms with Crippen LogP contribution in [0.3, 0.4) is 0 Å². The fourth-order valence-corrected chi connectivity index (χ4v) is 3.86. The average molecular weight is 318 g/mol. The van der Waals surface area contributed by atoms with Gasteiger partial charge in [-0.1, -0.05) is 30.0 Å². The number of carbonyl (C=O) groups is 1. The molecule has 24 heavy (non-hydrogen) atoms. The maximum atomic E-state index is 11.3. The van der Waals surface area contributed by atoms with Gasteiger partial charge in [-0.25, -0.2) is 4.79 Å². The predicted molar refractivity (Wildman–Crippen MR) is 90.9 cm³/mol. The third-order valence-corrected chi connectivity index (χ3v) is 4.98. The summed E-state index contributed by atoms with van der Waals surface area (Å²) in [7, 11) is 0. The first kappa shape index (κ1) is 14.8. The standard InChI is InChI=1S/C20H18N2O2/c23-20(24)22-11-10-17-18(22)9-8-16-12-15(13-21-19(16)17)7-6-14-4-2-1-3-5-14/h1-5,12-13,17-18H,8-11H2,(H,23,24). The van der Waals surface area contributed by atoms with Crippen LogP contribution in [0.1, 0.15) is 41.1 Å². The highest BCUT2D eigenvalue weighted by molar-refractivity contribution is 5.66. The molecular formula is C20H18N2O2. The Balaban J connectivity index is 1.60. The molecule has 0 radical (unpaired) electrons. The molecule has 2 atom stereocenters. The molecule has 0 bridgehead atoms. The monoisotopic (exact) mass is 318 g/mol. The van der Waals surface area contributed by atoms with Gasteiger partial charge in [0.05, 0.1) is 0 Å². The van der Waals surface area contributed by atoms with Gasteiger partial charge >= 0.3 is 6.09 Å². The Morgan fingerprint density at radius 1 is 1.17 bits per heavy atom. The smallest absolute Gasteiger partial charge is 0.407 e. The Labute approximate surface area is 141 Å². The average Bonchev–Trinajstić information content (AvgIpc) is 3.05. The van der Waals surface area contributed by atoms with Gasteiger partial charge in [-0.05, 0) is 43.0 Å². The van der Waals surface area contributed by atoms with Crippen LogP contribution in [-0.4, -0.2) is 33.7 Å². The quantitative estimate of drug-likeness (QED) is 0.759. The highest BCUT2D eigenvalue weighted by Crippen LogP contribution is 2.40. The van der Waals surface area contributed by atoms with Crippen molar-refractivity contribution in [3.63, 3.8) is 0 Å². The molecule has 1 fully saturated rings. The number of nitrogens with zero attached hydrogens (tertiary/aromatic N) is 2. The molecule has 2 unspecified atom stereocenters. The van der Waals surface area contributed by atoms with E-state index in [4.69, 9.17) is 0 Å². The van der Waals surface area contributed by atoms with Crippen LogP contribution in [0.2, 0.25) is 0 Å². The largest absolute Gasteiger partial charge is 0.465 e. The normalized spacial score (nSPS) is 21.4. The second kappa shape index (κ2) is 6.01. The predicted octanol–water partition coefficient (Wildman–Crippen LogP) is 3.26. The van der Waals surface area contributed by atoms with Crippen LogP contribution >= 0.6 is 0 Å². The van der Waals surface area contributed by atoms with Crippen molar-refractivity contribution < 1.29 is 9.90 Å². The van der Waals surface area contributed by atoms with E-state index in [0.29, 0.717) is 6.54 Å². The van der Waals surface area contributed by atoms with Crippen LogP contribution in [0.4, 0.5) is 4.79 Å². The van der Waals surface area contributed by atoms with Crippen LogP contribution in [0.25, 0.3) is 0 Å². The Kier molecular flexibility index (Phi) is 3.70. The molecule has 2 heterocycles. The lowest BCUT2D eigenvalue weighted by atomic mass is 9.82. The van der Waals surface area contributed by atoms with Crippen molar-refractivity contribution in [1.29, 1.82) is 0 Å². The second-order valence-electron chi connectivity index (χ2n) is 6.36. The van der Waals surface area contributed by atoms with Crippen molar-refractivity contribution in [3.8, 4) is 11.8 Å². The summed E-state index contributed by atoms with van der Waals surface area (Å²) in [6.45, 7) is 0.612. The number of likely N-dealkylation sites (tertiary alicyclic amines) is 1. The van der Waals surface area contributed by atoms with E-state index in [1.54, 1.807) is 4.90 Å². The number of benzene rings is 1. The third kappa shape index (κ3) is 2.63. The summed E-state index contributed by atoms with van der Waals surface area (Å²) in [5.74, 6) is 6.58. The van der Waals surface area contributed by atoms with E-state index in [1.165, 1.54) is 5.56 Å². The van der Waals surface area contributed by atoms with Gasteiger partial charge in [-0.15, -0.1) is 0 Å². The number of aromatic nitrogens is 1. The van der Waals surface area contributed by atoms with Gasteiger partial charge in [0.15, 0.2) is 0 Å². The first-order valence-electron chi connectivity index (χ1n) is 8.28. The van der Waals surface area contributed by atoms with Gasteiger partial charge < -0.3 is 10.0 Å². The molecule has 4 nitrogen and oxygen atoms in total. The van der Waals surface area contributed by atoms with Gasteiger partial charge in [0, 0.05) is 41.5 Å². The van der Waals surface area contributed by atoms with Gasteiger partial charge in [0.2, 0.25) is 0 Å². The number of hydrogen-bond donors (Lipinski definition) is 1. The molecule has 0 saturated carbocycles. The zero-order chi connectivity index (χ0) is 16.5. The minimum Gasteiger partial charge on any atom is -0.465 e. The summed E-state index contributed by atoms with van der Waals surface area (Å²) in [6.07, 6.45) is 3.62. The molecule has 4 heteroatoms. The van der Waals surface area contributed by atoms with Crippen LogP contribution < -0.4 is 0 Å². The van der Waals surface area contributed by atoms with Crippen LogP contribution in [0.15, 0.2) is 42.6 Å². The van der Waals surface area contributed by atoms with E-state index >= 15 is 0 Å². The molecule has 0 spiro atoms. The lowest BCUT2D eigenvalue weighted by Crippen LogP contribution is -2.38. The summed E-state index contributed by atoms with van der Waals surface area (Å²) in [4.78, 5) is 17.6. The number of aryl methyl sites for hydroxylation is 1. The second-order valence-corrected chi connectivity index (χ2v) is 6.36. The zero-order valence-electron chi connectivity index (χ0n) is 13.3. The summed E-state index contributed by atoms with van der Waals surface area (Å²) >= 11 is 0. The summed E-state index contributed by atoms with van der Waals surface area (Å²) in [6, 6.07) is 12.1. The van der Waals surface area contributed by atoms with Crippen molar-refractivity contribution in [1.82, 2.24) is 9.88 Å². The maximum absolute atomic E-state index is 11.3. The molecule has 120 valence electrons. The molecule has 2 aliphatic rings. The van der Waals surface area contributed by atoms with Gasteiger partial charge in [-0.2, -0.15) is 0 Å². The molecular weight excluding hydrogens is 300 g/mol. The number of hydrogen-bond acceptors (Lipinski definition) is 2. The van der Waals surface area contributed by atoms with Crippen LogP contribution in [-0.2, 0) is 6.42 Å². The number of amides is 1. The van der Waals surface area contributed by atoms with E-state index in [0.717, 1.165) is 36.1 Å². The highest BCUT2D eigenvalue weighted by Gasteiger charge is 2.41. The number of pyridine rings is 1. The maximum Gasteiger partial charge on any atom is 0.407 e. The van der Waals surface area contributed by atoms with Crippen molar-refractivity contribution in [2.75, 3.05) is 6.54 Å². The fraction of sp³-hybridized carbons (Fsp3) is 0.300. The molecule has 1 aromatic carbocycles. The molecule has 1 N–H and O–H groups in total. The van der Waals surface area contributed by atoms with Crippen molar-refractivity contribution in [3.05, 3.63) is 65.0 Å². The minimum absolute atomic E-state index is 0.0868. The lowest BCUT2D eigenvalue weighted by molar-refractivity contribution is 0.134. The Bertz CT molecular complexity index is 836. The van der Waals surface area contributed by atoms with E-state index < -0.39 is 6.09 Å². The first-order chi connectivity index (χ1) is 11.7. The Morgan fingerprint density at radius 2 is 1.96 bits per heavy atom. The van der Waals surface area contributed by atoms with Crippen molar-refractivity contribution in [2.24, 2.45) is 0 Å². The SMILES string of the molecule is O=C(O)N1CCC2c3ncc(C#Cc4ccccc4)cc3CCC21. The summed E-state index contributed by atoms with van der Waals surface area (Å²) < 4.78 is 0. The molecule has 4 rings (SSSR count). The Hall–Kier alpha value is -2.80. The van der Waals surface area contributed by atoms with Crippen molar-refractivity contribution in [2.45, 2.75) is 31.2 Å². The van der Waals surface area contributed by atoms with Gasteiger partial charge in [-0.3, -0.25) is 4.98 Å². The number of fused-ring (bicyclic) bond motifs is 3. The lowest BCUT2D eigenvalue weighted by Gasteiger charge is -2.31. The molecule has 2 aromatic rings. The van der Waals surface area contributed by atoms with Gasteiger partial charge in [0.25, 0.3) is 0 Å². The molecule has 1 aromatic heterocycles. The summed E-state index contributed by atoms with van der Waals surface area (Å²) in [5, 5.41) is 9.31. The van der Waals surface area contributed by atoms with Gasteiger partial charge in [0.1, 0.15) is 0 Å². The van der Waals surface area contributed by atoms with Crippen molar-refractivity contribution >= 4 is 6.09 Å². The zero-order valence-corrected chi connectivity index (χ0v) is 13.3. The third-order valence-electron chi connectivity index (χ3n) is 4.98. The minimum atomic E-state index is -0.809. The fourth-order valence-electron chi connectivity index (χ4n) is 3.86. The topological polar surface area (TPSA) is 53.4 Å². The number of carboxylic acid groups (broad SMARTS) is 1. The molecule has 1 aliphatic carbocycles. The van der Waals surface area contributed by atoms with E-state index in [9.17, 15) is 9.90 Å².